The lowest BCUT2D eigenvalue weighted by atomic mass is 9.98. The van der Waals surface area contributed by atoms with Crippen LogP contribution in [0.25, 0.3) is 22.0 Å². The van der Waals surface area contributed by atoms with Crippen molar-refractivity contribution in [3.63, 3.8) is 0 Å². The number of amides is 4. The highest BCUT2D eigenvalue weighted by atomic mass is 16.5. The number of nitrogens with one attached hydrogen (secondary N) is 2. The quantitative estimate of drug-likeness (QED) is 0.389. The number of methoxy groups -OCH3 is 1. The van der Waals surface area contributed by atoms with E-state index in [1.807, 2.05) is 66.7 Å². The van der Waals surface area contributed by atoms with E-state index in [1.165, 1.54) is 0 Å². The van der Waals surface area contributed by atoms with Gasteiger partial charge in [-0.2, -0.15) is 0 Å². The lowest BCUT2D eigenvalue weighted by Crippen LogP contribution is -2.42. The van der Waals surface area contributed by atoms with Crippen molar-refractivity contribution >= 4 is 29.3 Å². The number of aromatic nitrogens is 1. The number of nitrogens with zero attached hydrogens (tertiary/aromatic N) is 2. The molecule has 1 aliphatic rings. The van der Waals surface area contributed by atoms with Crippen molar-refractivity contribution in [2.45, 2.75) is 12.6 Å². The van der Waals surface area contributed by atoms with Gasteiger partial charge in [0.25, 0.3) is 5.91 Å². The van der Waals surface area contributed by atoms with Gasteiger partial charge in [0.15, 0.2) is 0 Å². The standard InChI is InChI=1S/C28H24N4O4/c1-36-22-12-11-21-15-32(27(34)24(21)14-22)16-25(31-28(35)30-17-33)19-9-7-18(8-10-19)23-6-2-4-20-5-3-13-29-26(20)23/h2-14,17,25H,15-16H2,1H3,(H2,30,31,33,35)/t25-/m0/s1. The SMILES string of the molecule is COc1ccc2c(c1)C(=O)N(C[C@H](NC(=O)NC=O)c1ccc(-c3cccc4cccnc34)cc1)C2. The highest BCUT2D eigenvalue weighted by molar-refractivity contribution is 5.99. The molecule has 4 amide bonds. The van der Waals surface area contributed by atoms with Crippen molar-refractivity contribution in [1.29, 1.82) is 0 Å². The van der Waals surface area contributed by atoms with Crippen molar-refractivity contribution in [3.8, 4) is 16.9 Å². The third-order valence-electron chi connectivity index (χ3n) is 6.35. The summed E-state index contributed by atoms with van der Waals surface area (Å²) >= 11 is 0. The Bertz CT molecular complexity index is 1450. The first-order chi connectivity index (χ1) is 17.6. The first-order valence-corrected chi connectivity index (χ1v) is 11.5. The number of fused-ring (bicyclic) bond motifs is 2. The molecule has 2 N–H and O–H groups in total. The summed E-state index contributed by atoms with van der Waals surface area (Å²) in [5.41, 5.74) is 5.18. The van der Waals surface area contributed by atoms with Crippen molar-refractivity contribution in [2.75, 3.05) is 13.7 Å². The Kier molecular flexibility index (Phi) is 6.32. The van der Waals surface area contributed by atoms with E-state index < -0.39 is 12.1 Å². The van der Waals surface area contributed by atoms with E-state index in [9.17, 15) is 14.4 Å². The van der Waals surface area contributed by atoms with Crippen LogP contribution >= 0.6 is 0 Å². The zero-order valence-corrected chi connectivity index (χ0v) is 19.6. The average Bonchev–Trinajstić information content (AvgIpc) is 3.22. The summed E-state index contributed by atoms with van der Waals surface area (Å²) in [6, 6.07) is 22.0. The molecule has 0 bridgehead atoms. The molecule has 4 aromatic rings. The Labute approximate surface area is 207 Å². The molecule has 8 heteroatoms. The van der Waals surface area contributed by atoms with Crippen molar-refractivity contribution in [3.05, 3.63) is 95.7 Å². The fraction of sp³-hybridized carbons (Fsp3) is 0.143. The molecule has 1 aliphatic heterocycles. The maximum absolute atomic E-state index is 13.1. The van der Waals surface area contributed by atoms with Crippen LogP contribution in [-0.4, -0.2) is 41.9 Å². The zero-order chi connectivity index (χ0) is 25.1. The van der Waals surface area contributed by atoms with Gasteiger partial charge in [-0.05, 0) is 34.9 Å². The molecule has 5 rings (SSSR count). The van der Waals surface area contributed by atoms with Gasteiger partial charge in [-0.15, -0.1) is 0 Å². The maximum Gasteiger partial charge on any atom is 0.321 e. The number of ether oxygens (including phenoxy) is 1. The number of hydrogen-bond donors (Lipinski definition) is 2. The molecular formula is C28H24N4O4. The van der Waals surface area contributed by atoms with Gasteiger partial charge in [-0.3, -0.25) is 19.9 Å². The van der Waals surface area contributed by atoms with E-state index in [1.54, 1.807) is 24.3 Å². The third-order valence-corrected chi connectivity index (χ3v) is 6.35. The molecule has 8 nitrogen and oxygen atoms in total. The molecule has 0 aliphatic carbocycles. The summed E-state index contributed by atoms with van der Waals surface area (Å²) in [6.45, 7) is 0.655. The van der Waals surface area contributed by atoms with E-state index in [4.69, 9.17) is 4.74 Å². The Hall–Kier alpha value is -4.72. The molecule has 0 unspecified atom stereocenters. The number of para-hydroxylation sites is 1. The number of benzene rings is 3. The van der Waals surface area contributed by atoms with Gasteiger partial charge < -0.3 is 15.0 Å². The highest BCUT2D eigenvalue weighted by Gasteiger charge is 2.30. The molecule has 0 radical (unpaired) electrons. The predicted molar refractivity (Wildman–Crippen MR) is 135 cm³/mol. The van der Waals surface area contributed by atoms with Crippen LogP contribution in [0.15, 0.2) is 79.0 Å². The monoisotopic (exact) mass is 480 g/mol. The lowest BCUT2D eigenvalue weighted by molar-refractivity contribution is -0.108. The van der Waals surface area contributed by atoms with Gasteiger partial charge in [0.1, 0.15) is 5.75 Å². The summed E-state index contributed by atoms with van der Waals surface area (Å²) in [7, 11) is 1.56. The van der Waals surface area contributed by atoms with Gasteiger partial charge in [0.2, 0.25) is 6.41 Å². The summed E-state index contributed by atoms with van der Waals surface area (Å²) in [4.78, 5) is 42.3. The number of hydrogen-bond acceptors (Lipinski definition) is 5. The van der Waals surface area contributed by atoms with E-state index in [-0.39, 0.29) is 12.5 Å². The summed E-state index contributed by atoms with van der Waals surface area (Å²) < 4.78 is 5.25. The fourth-order valence-electron chi connectivity index (χ4n) is 4.56. The van der Waals surface area contributed by atoms with Crippen LogP contribution in [0.5, 0.6) is 5.75 Å². The zero-order valence-electron chi connectivity index (χ0n) is 19.6. The molecule has 1 aromatic heterocycles. The van der Waals surface area contributed by atoms with Gasteiger partial charge in [0.05, 0.1) is 18.7 Å². The molecule has 1 atom stereocenters. The fourth-order valence-corrected chi connectivity index (χ4v) is 4.56. The van der Waals surface area contributed by atoms with E-state index in [0.717, 1.165) is 33.2 Å². The second-order valence-electron chi connectivity index (χ2n) is 8.50. The Morgan fingerprint density at radius 1 is 1.08 bits per heavy atom. The number of carbonyl (C=O) groups is 3. The molecular weight excluding hydrogens is 456 g/mol. The minimum absolute atomic E-state index is 0.134. The molecule has 2 heterocycles. The van der Waals surface area contributed by atoms with Crippen LogP contribution < -0.4 is 15.4 Å². The summed E-state index contributed by atoms with van der Waals surface area (Å²) in [5, 5.41) is 5.97. The minimum atomic E-state index is -0.636. The first-order valence-electron chi connectivity index (χ1n) is 11.5. The largest absolute Gasteiger partial charge is 0.497 e. The van der Waals surface area contributed by atoms with Gasteiger partial charge >= 0.3 is 6.03 Å². The molecule has 180 valence electrons. The number of rotatable bonds is 7. The Morgan fingerprint density at radius 2 is 1.89 bits per heavy atom. The molecule has 0 saturated heterocycles. The maximum atomic E-state index is 13.1. The molecule has 0 spiro atoms. The van der Waals surface area contributed by atoms with Crippen LogP contribution in [0.2, 0.25) is 0 Å². The van der Waals surface area contributed by atoms with Crippen molar-refractivity contribution < 1.29 is 19.1 Å². The van der Waals surface area contributed by atoms with Crippen LogP contribution in [0.3, 0.4) is 0 Å². The van der Waals surface area contributed by atoms with Crippen molar-refractivity contribution in [1.82, 2.24) is 20.5 Å². The molecule has 0 saturated carbocycles. The smallest absolute Gasteiger partial charge is 0.321 e. The van der Waals surface area contributed by atoms with E-state index in [2.05, 4.69) is 15.6 Å². The van der Waals surface area contributed by atoms with Crippen LogP contribution in [0.1, 0.15) is 27.5 Å². The van der Waals surface area contributed by atoms with Crippen molar-refractivity contribution in [2.24, 2.45) is 0 Å². The first kappa shape index (κ1) is 23.0. The van der Waals surface area contributed by atoms with Crippen LogP contribution in [0, 0.1) is 0 Å². The summed E-state index contributed by atoms with van der Waals surface area (Å²) in [5.74, 6) is 0.479. The number of carbonyl (C=O) groups excluding carboxylic acids is 3. The predicted octanol–water partition coefficient (Wildman–Crippen LogP) is 4.06. The number of urea groups is 1. The average molecular weight is 481 g/mol. The normalized spacial score (nSPS) is 13.2. The van der Waals surface area contributed by atoms with E-state index in [0.29, 0.717) is 24.3 Å². The van der Waals surface area contributed by atoms with Gasteiger partial charge in [0, 0.05) is 35.8 Å². The highest BCUT2D eigenvalue weighted by Crippen LogP contribution is 2.31. The Morgan fingerprint density at radius 3 is 2.67 bits per heavy atom. The van der Waals surface area contributed by atoms with Gasteiger partial charge in [-0.1, -0.05) is 54.6 Å². The molecule has 36 heavy (non-hydrogen) atoms. The summed E-state index contributed by atoms with van der Waals surface area (Å²) in [6.07, 6.45) is 2.10. The van der Waals surface area contributed by atoms with Crippen LogP contribution in [-0.2, 0) is 11.3 Å². The second-order valence-corrected chi connectivity index (χ2v) is 8.50. The number of imide groups is 1. The third kappa shape index (κ3) is 4.48. The minimum Gasteiger partial charge on any atom is -0.497 e. The van der Waals surface area contributed by atoms with E-state index >= 15 is 0 Å². The molecule has 0 fully saturated rings. The van der Waals surface area contributed by atoms with Crippen LogP contribution in [0.4, 0.5) is 4.79 Å². The lowest BCUT2D eigenvalue weighted by Gasteiger charge is -2.25. The second kappa shape index (κ2) is 9.87. The molecule has 3 aromatic carbocycles. The van der Waals surface area contributed by atoms with Gasteiger partial charge in [-0.25, -0.2) is 4.79 Å². The Balaban J connectivity index is 1.42. The number of pyridine rings is 1. The topological polar surface area (TPSA) is 101 Å².